The van der Waals surface area contributed by atoms with Crippen LogP contribution in [-0.4, -0.2) is 5.11 Å². The molecule has 0 aromatic heterocycles. The van der Waals surface area contributed by atoms with Gasteiger partial charge in [0.15, 0.2) is 0 Å². The van der Waals surface area contributed by atoms with Crippen molar-refractivity contribution in [2.75, 3.05) is 0 Å². The molecule has 2 aliphatic carbocycles. The standard InChI is InChI=1S/C7H10O/c8-7-4-5-1-2-6(7)3-5/h5,8H,1-4H2/t5-/m0/s1. The average molecular weight is 110 g/mol. The van der Waals surface area contributed by atoms with Crippen LogP contribution in [0.25, 0.3) is 0 Å². The maximum Gasteiger partial charge on any atom is 0.0917 e. The van der Waals surface area contributed by atoms with Gasteiger partial charge in [0, 0.05) is 6.42 Å². The molecule has 1 saturated carbocycles. The minimum atomic E-state index is 0.709. The molecule has 0 unspecified atom stereocenters. The van der Waals surface area contributed by atoms with Crippen LogP contribution in [0.5, 0.6) is 0 Å². The number of rotatable bonds is 0. The zero-order chi connectivity index (χ0) is 5.56. The number of aliphatic hydroxyl groups is 1. The largest absolute Gasteiger partial charge is 0.512 e. The van der Waals surface area contributed by atoms with Gasteiger partial charge in [0.1, 0.15) is 0 Å². The van der Waals surface area contributed by atoms with Crippen LogP contribution >= 0.6 is 0 Å². The van der Waals surface area contributed by atoms with Gasteiger partial charge in [-0.15, -0.1) is 0 Å². The maximum atomic E-state index is 9.10. The van der Waals surface area contributed by atoms with Crippen LogP contribution in [0.3, 0.4) is 0 Å². The molecule has 1 heteroatoms. The Bertz CT molecular complexity index is 144. The molecule has 8 heavy (non-hydrogen) atoms. The summed E-state index contributed by atoms with van der Waals surface area (Å²) >= 11 is 0. The zero-order valence-electron chi connectivity index (χ0n) is 4.85. The third-order valence-electron chi connectivity index (χ3n) is 2.28. The van der Waals surface area contributed by atoms with Crippen LogP contribution in [0.1, 0.15) is 25.7 Å². The van der Waals surface area contributed by atoms with Crippen molar-refractivity contribution in [2.24, 2.45) is 5.92 Å². The summed E-state index contributed by atoms with van der Waals surface area (Å²) in [4.78, 5) is 0. The summed E-state index contributed by atoms with van der Waals surface area (Å²) < 4.78 is 0. The minimum Gasteiger partial charge on any atom is -0.512 e. The van der Waals surface area contributed by atoms with Gasteiger partial charge in [-0.3, -0.25) is 0 Å². The van der Waals surface area contributed by atoms with Crippen molar-refractivity contribution >= 4 is 0 Å². The van der Waals surface area contributed by atoms with Gasteiger partial charge < -0.3 is 5.11 Å². The van der Waals surface area contributed by atoms with Crippen molar-refractivity contribution in [3.05, 3.63) is 11.3 Å². The molecule has 1 nitrogen and oxygen atoms in total. The highest BCUT2D eigenvalue weighted by molar-refractivity contribution is 5.20. The molecule has 0 saturated heterocycles. The minimum absolute atomic E-state index is 0.709. The summed E-state index contributed by atoms with van der Waals surface area (Å²) in [6.07, 6.45) is 4.69. The Morgan fingerprint density at radius 1 is 1.38 bits per heavy atom. The van der Waals surface area contributed by atoms with Crippen molar-refractivity contribution in [1.29, 1.82) is 0 Å². The lowest BCUT2D eigenvalue weighted by molar-refractivity contribution is 0.358. The van der Waals surface area contributed by atoms with E-state index in [4.69, 9.17) is 5.11 Å². The second kappa shape index (κ2) is 1.28. The molecule has 1 fully saturated rings. The summed E-state index contributed by atoms with van der Waals surface area (Å²) in [6.45, 7) is 0. The Labute approximate surface area is 49.0 Å². The highest BCUT2D eigenvalue weighted by Crippen LogP contribution is 2.42. The van der Waals surface area contributed by atoms with E-state index in [0.717, 1.165) is 12.3 Å². The highest BCUT2D eigenvalue weighted by atomic mass is 16.3. The Kier molecular flexibility index (Phi) is 0.706. The molecule has 2 rings (SSSR count). The molecule has 1 N–H and O–H groups in total. The Hall–Kier alpha value is -0.460. The molecule has 44 valence electrons. The van der Waals surface area contributed by atoms with E-state index in [1.54, 1.807) is 0 Å². The smallest absolute Gasteiger partial charge is 0.0917 e. The lowest BCUT2D eigenvalue weighted by Crippen LogP contribution is -1.92. The molecule has 0 spiro atoms. The number of fused-ring (bicyclic) bond motifs is 2. The van der Waals surface area contributed by atoms with Gasteiger partial charge in [-0.05, 0) is 30.8 Å². The number of allylic oxidation sites excluding steroid dienone is 2. The molecule has 0 aliphatic heterocycles. The van der Waals surface area contributed by atoms with E-state index in [0.29, 0.717) is 5.76 Å². The predicted molar refractivity (Wildman–Crippen MR) is 31.6 cm³/mol. The van der Waals surface area contributed by atoms with Crippen LogP contribution in [0.2, 0.25) is 0 Å². The van der Waals surface area contributed by atoms with Crippen LogP contribution in [0.4, 0.5) is 0 Å². The zero-order valence-corrected chi connectivity index (χ0v) is 4.85. The van der Waals surface area contributed by atoms with Gasteiger partial charge in [0.2, 0.25) is 0 Å². The Morgan fingerprint density at radius 3 is 2.50 bits per heavy atom. The first-order valence-corrected chi connectivity index (χ1v) is 3.26. The quantitative estimate of drug-likeness (QED) is 0.505. The second-order valence-electron chi connectivity index (χ2n) is 2.86. The molecule has 0 aromatic carbocycles. The third kappa shape index (κ3) is 0.417. The van der Waals surface area contributed by atoms with Crippen LogP contribution < -0.4 is 0 Å². The summed E-state index contributed by atoms with van der Waals surface area (Å²) in [5, 5.41) is 9.10. The molecular formula is C7H10O. The fourth-order valence-corrected chi connectivity index (χ4v) is 1.79. The van der Waals surface area contributed by atoms with Crippen LogP contribution in [0, 0.1) is 5.92 Å². The van der Waals surface area contributed by atoms with Gasteiger partial charge in [0.05, 0.1) is 5.76 Å². The van der Waals surface area contributed by atoms with E-state index >= 15 is 0 Å². The Morgan fingerprint density at radius 2 is 2.25 bits per heavy atom. The summed E-state index contributed by atoms with van der Waals surface area (Å²) in [6, 6.07) is 0. The fraction of sp³-hybridized carbons (Fsp3) is 0.714. The van der Waals surface area contributed by atoms with Gasteiger partial charge >= 0.3 is 0 Å². The molecule has 0 heterocycles. The predicted octanol–water partition coefficient (Wildman–Crippen LogP) is 2.00. The monoisotopic (exact) mass is 110 g/mol. The first-order chi connectivity index (χ1) is 3.86. The molecule has 2 aliphatic rings. The van der Waals surface area contributed by atoms with Crippen molar-refractivity contribution in [3.8, 4) is 0 Å². The van der Waals surface area contributed by atoms with E-state index in [1.807, 2.05) is 0 Å². The molecular weight excluding hydrogens is 100 g/mol. The highest BCUT2D eigenvalue weighted by Gasteiger charge is 2.29. The molecule has 0 radical (unpaired) electrons. The Balaban J connectivity index is 2.33. The summed E-state index contributed by atoms with van der Waals surface area (Å²) in [5.41, 5.74) is 1.34. The molecule has 0 amide bonds. The number of hydrogen-bond donors (Lipinski definition) is 1. The van der Waals surface area contributed by atoms with E-state index in [1.165, 1.54) is 24.8 Å². The van der Waals surface area contributed by atoms with Crippen molar-refractivity contribution in [2.45, 2.75) is 25.7 Å². The van der Waals surface area contributed by atoms with E-state index in [9.17, 15) is 0 Å². The van der Waals surface area contributed by atoms with Gasteiger partial charge in [-0.25, -0.2) is 0 Å². The first kappa shape index (κ1) is 4.42. The normalized spacial score (nSPS) is 34.8. The first-order valence-electron chi connectivity index (χ1n) is 3.26. The molecule has 1 atom stereocenters. The SMILES string of the molecule is OC1=C2CC[C@H](C1)C2. The second-order valence-corrected chi connectivity index (χ2v) is 2.86. The van der Waals surface area contributed by atoms with E-state index in [-0.39, 0.29) is 0 Å². The van der Waals surface area contributed by atoms with Gasteiger partial charge in [0.25, 0.3) is 0 Å². The summed E-state index contributed by atoms with van der Waals surface area (Å²) in [5.74, 6) is 1.53. The lowest BCUT2D eigenvalue weighted by atomic mass is 10.1. The fourth-order valence-electron chi connectivity index (χ4n) is 1.79. The molecule has 0 aromatic rings. The van der Waals surface area contributed by atoms with Gasteiger partial charge in [-0.1, -0.05) is 0 Å². The van der Waals surface area contributed by atoms with E-state index in [2.05, 4.69) is 0 Å². The van der Waals surface area contributed by atoms with Crippen molar-refractivity contribution in [1.82, 2.24) is 0 Å². The maximum absolute atomic E-state index is 9.10. The number of aliphatic hydroxyl groups excluding tert-OH is 1. The topological polar surface area (TPSA) is 20.2 Å². The number of hydrogen-bond acceptors (Lipinski definition) is 1. The van der Waals surface area contributed by atoms with Crippen LogP contribution in [0.15, 0.2) is 11.3 Å². The van der Waals surface area contributed by atoms with Crippen molar-refractivity contribution in [3.63, 3.8) is 0 Å². The van der Waals surface area contributed by atoms with Gasteiger partial charge in [-0.2, -0.15) is 0 Å². The average Bonchev–Trinajstić information content (AvgIpc) is 2.23. The lowest BCUT2D eigenvalue weighted by Gasteiger charge is -2.04. The van der Waals surface area contributed by atoms with Crippen molar-refractivity contribution < 1.29 is 5.11 Å². The third-order valence-corrected chi connectivity index (χ3v) is 2.28. The van der Waals surface area contributed by atoms with E-state index < -0.39 is 0 Å². The summed E-state index contributed by atoms with van der Waals surface area (Å²) in [7, 11) is 0. The molecule has 2 bridgehead atoms. The van der Waals surface area contributed by atoms with Crippen LogP contribution in [-0.2, 0) is 0 Å².